The molecule has 1 aromatic heterocycles. The van der Waals surface area contributed by atoms with Crippen molar-refractivity contribution in [2.24, 2.45) is 0 Å². The lowest BCUT2D eigenvalue weighted by molar-refractivity contribution is 0.0656. The van der Waals surface area contributed by atoms with Gasteiger partial charge in [0.05, 0.1) is 12.9 Å². The van der Waals surface area contributed by atoms with Gasteiger partial charge in [0.1, 0.15) is 0 Å². The maximum absolute atomic E-state index is 10.8. The van der Waals surface area contributed by atoms with Gasteiger partial charge in [0.2, 0.25) is 0 Å². The van der Waals surface area contributed by atoms with Gasteiger partial charge in [-0.3, -0.25) is 0 Å². The van der Waals surface area contributed by atoms with Gasteiger partial charge in [0.25, 0.3) is 5.76 Å². The van der Waals surface area contributed by atoms with Crippen LogP contribution in [0.2, 0.25) is 0 Å². The molecule has 132 valence electrons. The average molecular weight is 324 g/mol. The molecule has 1 rings (SSSR count). The summed E-state index contributed by atoms with van der Waals surface area (Å²) in [6.07, 6.45) is 16.9. The molecule has 4 nitrogen and oxygen atoms in total. The first-order valence-electron chi connectivity index (χ1n) is 9.19. The third-order valence-corrected chi connectivity index (χ3v) is 4.08. The van der Waals surface area contributed by atoms with Gasteiger partial charge in [-0.1, -0.05) is 77.6 Å². The monoisotopic (exact) mass is 324 g/mol. The van der Waals surface area contributed by atoms with Crippen molar-refractivity contribution in [1.29, 1.82) is 0 Å². The number of unbranched alkanes of at least 4 members (excludes halogenated alkanes) is 11. The number of carboxylic acid groups (broad SMARTS) is 1. The standard InChI is InChI=1S/C19H32O4/c1-2-3-4-5-6-7-8-9-10-11-12-13-15-22-17-14-16-23-18(17)19(20)21/h14,16H,2-13,15H2,1H3,(H,20,21). The number of hydrogen-bond donors (Lipinski definition) is 1. The van der Waals surface area contributed by atoms with Crippen LogP contribution in [0.25, 0.3) is 0 Å². The molecule has 0 amide bonds. The van der Waals surface area contributed by atoms with Gasteiger partial charge in [-0.15, -0.1) is 0 Å². The van der Waals surface area contributed by atoms with Gasteiger partial charge in [0, 0.05) is 6.07 Å². The van der Waals surface area contributed by atoms with Crippen molar-refractivity contribution in [2.45, 2.75) is 84.0 Å². The van der Waals surface area contributed by atoms with E-state index in [0.29, 0.717) is 12.4 Å². The van der Waals surface area contributed by atoms with Crippen molar-refractivity contribution >= 4 is 5.97 Å². The first kappa shape index (κ1) is 19.6. The van der Waals surface area contributed by atoms with E-state index in [-0.39, 0.29) is 5.76 Å². The summed E-state index contributed by atoms with van der Waals surface area (Å²) in [5.41, 5.74) is 0. The Labute approximate surface area is 140 Å². The van der Waals surface area contributed by atoms with E-state index >= 15 is 0 Å². The van der Waals surface area contributed by atoms with Crippen molar-refractivity contribution in [2.75, 3.05) is 6.61 Å². The maximum Gasteiger partial charge on any atom is 0.375 e. The zero-order chi connectivity index (χ0) is 16.8. The lowest BCUT2D eigenvalue weighted by Crippen LogP contribution is -2.02. The zero-order valence-electron chi connectivity index (χ0n) is 14.5. The van der Waals surface area contributed by atoms with Crippen LogP contribution < -0.4 is 4.74 Å². The maximum atomic E-state index is 10.8. The minimum absolute atomic E-state index is 0.107. The number of hydrogen-bond acceptors (Lipinski definition) is 3. The predicted molar refractivity (Wildman–Crippen MR) is 92.2 cm³/mol. The summed E-state index contributed by atoms with van der Waals surface area (Å²) >= 11 is 0. The van der Waals surface area contributed by atoms with Crippen molar-refractivity contribution < 1.29 is 19.1 Å². The molecular formula is C19H32O4. The Kier molecular flexibility index (Phi) is 11.1. The molecule has 0 bridgehead atoms. The Hall–Kier alpha value is -1.45. The summed E-state index contributed by atoms with van der Waals surface area (Å²) < 4.78 is 10.3. The highest BCUT2D eigenvalue weighted by Gasteiger charge is 2.14. The third kappa shape index (κ3) is 9.32. The number of ether oxygens (including phenoxy) is 1. The molecule has 0 unspecified atom stereocenters. The van der Waals surface area contributed by atoms with E-state index in [4.69, 9.17) is 14.3 Å². The SMILES string of the molecule is CCCCCCCCCCCCCCOc1ccoc1C(=O)O. The normalized spacial score (nSPS) is 10.8. The lowest BCUT2D eigenvalue weighted by atomic mass is 10.1. The number of aromatic carboxylic acids is 1. The number of carboxylic acids is 1. The Bertz CT molecular complexity index is 411. The molecule has 1 heterocycles. The molecule has 0 aromatic carbocycles. The Balaban J connectivity index is 1.86. The molecule has 23 heavy (non-hydrogen) atoms. The van der Waals surface area contributed by atoms with Gasteiger partial charge in [-0.2, -0.15) is 0 Å². The van der Waals surface area contributed by atoms with Crippen LogP contribution >= 0.6 is 0 Å². The van der Waals surface area contributed by atoms with Crippen molar-refractivity contribution in [3.05, 3.63) is 18.1 Å². The van der Waals surface area contributed by atoms with Crippen LogP contribution in [0, 0.1) is 0 Å². The molecule has 1 aromatic rings. The molecule has 0 fully saturated rings. The fraction of sp³-hybridized carbons (Fsp3) is 0.737. The van der Waals surface area contributed by atoms with Crippen LogP contribution in [0.5, 0.6) is 5.75 Å². The molecule has 0 saturated carbocycles. The number of rotatable bonds is 15. The molecule has 0 aliphatic rings. The van der Waals surface area contributed by atoms with E-state index in [1.54, 1.807) is 6.07 Å². The summed E-state index contributed by atoms with van der Waals surface area (Å²) in [6, 6.07) is 1.56. The molecule has 0 radical (unpaired) electrons. The molecular weight excluding hydrogens is 292 g/mol. The molecule has 0 saturated heterocycles. The summed E-state index contributed by atoms with van der Waals surface area (Å²) in [5, 5.41) is 8.88. The number of furan rings is 1. The third-order valence-electron chi connectivity index (χ3n) is 4.08. The number of carbonyl (C=O) groups is 1. The minimum Gasteiger partial charge on any atom is -0.489 e. The van der Waals surface area contributed by atoms with Crippen LogP contribution in [0.4, 0.5) is 0 Å². The van der Waals surface area contributed by atoms with Crippen LogP contribution in [0.3, 0.4) is 0 Å². The Morgan fingerprint density at radius 2 is 1.48 bits per heavy atom. The summed E-state index contributed by atoms with van der Waals surface area (Å²) in [7, 11) is 0. The molecule has 4 heteroatoms. The topological polar surface area (TPSA) is 59.7 Å². The quantitative estimate of drug-likeness (QED) is 0.398. The smallest absolute Gasteiger partial charge is 0.375 e. The van der Waals surface area contributed by atoms with Gasteiger partial charge in [-0.25, -0.2) is 4.79 Å². The van der Waals surface area contributed by atoms with Crippen molar-refractivity contribution in [3.8, 4) is 5.75 Å². The largest absolute Gasteiger partial charge is 0.489 e. The van der Waals surface area contributed by atoms with Gasteiger partial charge >= 0.3 is 5.97 Å². The second-order valence-corrected chi connectivity index (χ2v) is 6.16. The lowest BCUT2D eigenvalue weighted by Gasteiger charge is -2.05. The average Bonchev–Trinajstić information content (AvgIpc) is 3.00. The van der Waals surface area contributed by atoms with E-state index in [1.807, 2.05) is 0 Å². The molecule has 0 aliphatic heterocycles. The molecule has 0 atom stereocenters. The van der Waals surface area contributed by atoms with Crippen LogP contribution in [-0.4, -0.2) is 17.7 Å². The van der Waals surface area contributed by atoms with Crippen LogP contribution in [0.15, 0.2) is 16.7 Å². The molecule has 0 aliphatic carbocycles. The van der Waals surface area contributed by atoms with E-state index in [9.17, 15) is 4.79 Å². The fourth-order valence-corrected chi connectivity index (χ4v) is 2.69. The zero-order valence-corrected chi connectivity index (χ0v) is 14.5. The highest BCUT2D eigenvalue weighted by molar-refractivity contribution is 5.87. The van der Waals surface area contributed by atoms with Gasteiger partial charge in [0.15, 0.2) is 5.75 Å². The van der Waals surface area contributed by atoms with Crippen LogP contribution in [0.1, 0.15) is 94.5 Å². The minimum atomic E-state index is -1.08. The van der Waals surface area contributed by atoms with Gasteiger partial charge in [-0.05, 0) is 6.42 Å². The second-order valence-electron chi connectivity index (χ2n) is 6.16. The van der Waals surface area contributed by atoms with Gasteiger partial charge < -0.3 is 14.3 Å². The predicted octanol–water partition coefficient (Wildman–Crippen LogP) is 6.06. The van der Waals surface area contributed by atoms with E-state index < -0.39 is 5.97 Å². The first-order chi connectivity index (χ1) is 11.3. The summed E-state index contributed by atoms with van der Waals surface area (Å²) in [6.45, 7) is 2.81. The van der Waals surface area contributed by atoms with E-state index in [0.717, 1.165) is 12.8 Å². The van der Waals surface area contributed by atoms with Crippen molar-refractivity contribution in [1.82, 2.24) is 0 Å². The molecule has 1 N–H and O–H groups in total. The van der Waals surface area contributed by atoms with Crippen molar-refractivity contribution in [3.63, 3.8) is 0 Å². The van der Waals surface area contributed by atoms with Crippen LogP contribution in [-0.2, 0) is 0 Å². The highest BCUT2D eigenvalue weighted by Crippen LogP contribution is 2.20. The summed E-state index contributed by atoms with van der Waals surface area (Å²) in [5.74, 6) is -0.857. The summed E-state index contributed by atoms with van der Waals surface area (Å²) in [4.78, 5) is 10.8. The van der Waals surface area contributed by atoms with E-state index in [1.165, 1.54) is 70.5 Å². The highest BCUT2D eigenvalue weighted by atomic mass is 16.5. The Morgan fingerprint density at radius 3 is 2.00 bits per heavy atom. The first-order valence-corrected chi connectivity index (χ1v) is 9.19. The fourth-order valence-electron chi connectivity index (χ4n) is 2.69. The molecule has 0 spiro atoms. The second kappa shape index (κ2) is 13.0. The van der Waals surface area contributed by atoms with E-state index in [2.05, 4.69) is 6.92 Å². The Morgan fingerprint density at radius 1 is 0.957 bits per heavy atom.